The van der Waals surface area contributed by atoms with E-state index in [9.17, 15) is 19.4 Å². The number of rotatable bonds is 38. The van der Waals surface area contributed by atoms with Crippen molar-refractivity contribution in [3.63, 3.8) is 0 Å². The molecule has 9 heteroatoms. The van der Waals surface area contributed by atoms with Gasteiger partial charge in [0.25, 0.3) is 7.82 Å². The van der Waals surface area contributed by atoms with E-state index in [-0.39, 0.29) is 18.9 Å². The van der Waals surface area contributed by atoms with Crippen molar-refractivity contribution in [3.05, 3.63) is 72.9 Å². The molecule has 0 fully saturated rings. The SMILES string of the molecule is CCCCCCCC/C=C/CC/C=C/[C@@H](O)[C@H](COP(=O)([O-])OCC[N+](C)(C)C)NC(=O)CCC/C=C/C/C=C/C/C=C/C/C=C/CCCCCCCCC. The molecule has 0 aromatic rings. The number of hydrogen-bond donors (Lipinski definition) is 2. The van der Waals surface area contributed by atoms with Crippen LogP contribution in [-0.2, 0) is 18.4 Å². The Morgan fingerprint density at radius 2 is 1.07 bits per heavy atom. The number of allylic oxidation sites excluding steroid dienone is 11. The van der Waals surface area contributed by atoms with Gasteiger partial charge in [-0.3, -0.25) is 9.36 Å². The monoisotopic (exact) mass is 791 g/mol. The molecule has 0 aliphatic heterocycles. The second-order valence-electron chi connectivity index (χ2n) is 15.7. The maximum atomic E-state index is 12.8. The summed E-state index contributed by atoms with van der Waals surface area (Å²) in [5, 5.41) is 13.7. The number of amides is 1. The van der Waals surface area contributed by atoms with Gasteiger partial charge in [-0.2, -0.15) is 0 Å². The van der Waals surface area contributed by atoms with Gasteiger partial charge in [-0.15, -0.1) is 0 Å². The number of quaternary nitrogens is 1. The number of aliphatic hydroxyl groups is 1. The van der Waals surface area contributed by atoms with Crippen molar-refractivity contribution in [2.24, 2.45) is 0 Å². The van der Waals surface area contributed by atoms with Crippen LogP contribution < -0.4 is 10.2 Å². The molecule has 2 N–H and O–H groups in total. The number of hydrogen-bond acceptors (Lipinski definition) is 6. The van der Waals surface area contributed by atoms with Gasteiger partial charge in [0, 0.05) is 6.42 Å². The van der Waals surface area contributed by atoms with Gasteiger partial charge in [-0.05, 0) is 70.6 Å². The standard InChI is InChI=1S/C46H83N2O6P/c1-6-8-10-12-14-16-18-20-21-22-23-24-25-26-27-28-30-32-34-36-38-40-46(50)47-44(43-54-55(51,52)53-42-41-48(3,4)5)45(49)39-37-35-33-31-29-19-17-15-13-11-9-7-2/h21-22,24-25,27-29,31-32,34,37,39,44-45,49H,6-20,23,26,30,33,35-36,38,40-43H2,1-5H3,(H-,47,50,51,52)/b22-21+,25-24+,28-27+,31-29+,34-32+,39-37+/t44-,45+/m0/s1. The topological polar surface area (TPSA) is 108 Å². The minimum atomic E-state index is -4.61. The van der Waals surface area contributed by atoms with Gasteiger partial charge in [-0.25, -0.2) is 0 Å². The molecule has 3 atom stereocenters. The summed E-state index contributed by atoms with van der Waals surface area (Å²) in [6, 6.07) is -0.933. The zero-order valence-electron chi connectivity index (χ0n) is 35.9. The van der Waals surface area contributed by atoms with E-state index < -0.39 is 26.6 Å². The van der Waals surface area contributed by atoms with E-state index in [2.05, 4.69) is 79.9 Å². The molecule has 0 saturated carbocycles. The molecule has 8 nitrogen and oxygen atoms in total. The van der Waals surface area contributed by atoms with Gasteiger partial charge < -0.3 is 28.8 Å². The fourth-order valence-corrected chi connectivity index (χ4v) is 6.35. The molecule has 0 radical (unpaired) electrons. The summed E-state index contributed by atoms with van der Waals surface area (Å²) in [6.45, 7) is 4.53. The lowest BCUT2D eigenvalue weighted by Gasteiger charge is -2.29. The quantitative estimate of drug-likeness (QED) is 0.0279. The van der Waals surface area contributed by atoms with Gasteiger partial charge in [0.2, 0.25) is 5.91 Å². The molecular weight excluding hydrogens is 707 g/mol. The molecule has 0 saturated heterocycles. The zero-order chi connectivity index (χ0) is 40.7. The number of carbonyl (C=O) groups is 1. The Kier molecular flexibility index (Phi) is 36.1. The van der Waals surface area contributed by atoms with Crippen LogP contribution in [0.1, 0.15) is 162 Å². The third-order valence-corrected chi connectivity index (χ3v) is 10.1. The molecule has 0 aromatic carbocycles. The van der Waals surface area contributed by atoms with E-state index in [1.165, 1.54) is 89.9 Å². The number of carbonyl (C=O) groups excluding carboxylic acids is 1. The van der Waals surface area contributed by atoms with Crippen molar-refractivity contribution in [3.8, 4) is 0 Å². The second-order valence-corrected chi connectivity index (χ2v) is 17.1. The highest BCUT2D eigenvalue weighted by molar-refractivity contribution is 7.45. The van der Waals surface area contributed by atoms with Crippen LogP contribution in [0.3, 0.4) is 0 Å². The van der Waals surface area contributed by atoms with Crippen molar-refractivity contribution >= 4 is 13.7 Å². The number of phosphoric ester groups is 1. The fraction of sp³-hybridized carbons (Fsp3) is 0.717. The molecule has 55 heavy (non-hydrogen) atoms. The Bertz CT molecular complexity index is 1120. The normalized spacial score (nSPS) is 15.1. The predicted molar refractivity (Wildman–Crippen MR) is 233 cm³/mol. The number of likely N-dealkylation sites (N-methyl/N-ethyl adjacent to an activating group) is 1. The van der Waals surface area contributed by atoms with Crippen LogP contribution in [0.15, 0.2) is 72.9 Å². The third kappa shape index (κ3) is 40.0. The van der Waals surface area contributed by atoms with Crippen molar-refractivity contribution in [2.75, 3.05) is 40.9 Å². The maximum Gasteiger partial charge on any atom is 0.268 e. The number of aliphatic hydroxyl groups excluding tert-OH is 1. The number of nitrogens with one attached hydrogen (secondary N) is 1. The van der Waals surface area contributed by atoms with Crippen molar-refractivity contribution in [1.29, 1.82) is 0 Å². The van der Waals surface area contributed by atoms with Crippen LogP contribution in [0.5, 0.6) is 0 Å². The van der Waals surface area contributed by atoms with Crippen LogP contribution in [0.25, 0.3) is 0 Å². The third-order valence-electron chi connectivity index (χ3n) is 9.14. The number of unbranched alkanes of at least 4 members (excludes halogenated alkanes) is 15. The lowest BCUT2D eigenvalue weighted by atomic mass is 10.1. The van der Waals surface area contributed by atoms with E-state index >= 15 is 0 Å². The lowest BCUT2D eigenvalue weighted by molar-refractivity contribution is -0.870. The van der Waals surface area contributed by atoms with Crippen LogP contribution in [0.2, 0.25) is 0 Å². The van der Waals surface area contributed by atoms with Crippen molar-refractivity contribution in [1.82, 2.24) is 5.32 Å². The molecule has 1 unspecified atom stereocenters. The molecular formula is C46H83N2O6P. The first-order chi connectivity index (χ1) is 26.5. The average molecular weight is 791 g/mol. The van der Waals surface area contributed by atoms with E-state index in [1.807, 2.05) is 27.2 Å². The van der Waals surface area contributed by atoms with Crippen LogP contribution in [0.4, 0.5) is 0 Å². The summed E-state index contributed by atoms with van der Waals surface area (Å²) in [7, 11) is 1.20. The van der Waals surface area contributed by atoms with Crippen molar-refractivity contribution < 1.29 is 32.9 Å². The summed E-state index contributed by atoms with van der Waals surface area (Å²) in [6.07, 6.45) is 49.6. The van der Waals surface area contributed by atoms with Gasteiger partial charge >= 0.3 is 0 Å². The molecule has 0 aromatic heterocycles. The first kappa shape index (κ1) is 52.9. The smallest absolute Gasteiger partial charge is 0.268 e. The predicted octanol–water partition coefficient (Wildman–Crippen LogP) is 11.4. The maximum absolute atomic E-state index is 12.8. The molecule has 0 spiro atoms. The summed E-state index contributed by atoms with van der Waals surface area (Å²) in [4.78, 5) is 25.2. The Hall–Kier alpha value is -2.06. The molecule has 0 heterocycles. The second kappa shape index (κ2) is 37.5. The van der Waals surface area contributed by atoms with E-state index in [0.29, 0.717) is 17.4 Å². The van der Waals surface area contributed by atoms with E-state index in [1.54, 1.807) is 6.08 Å². The van der Waals surface area contributed by atoms with E-state index in [4.69, 9.17) is 9.05 Å². The largest absolute Gasteiger partial charge is 0.756 e. The Balaban J connectivity index is 4.56. The number of phosphoric acid groups is 1. The fourth-order valence-electron chi connectivity index (χ4n) is 5.63. The summed E-state index contributed by atoms with van der Waals surface area (Å²) in [5.41, 5.74) is 0. The van der Waals surface area contributed by atoms with Crippen LogP contribution in [-0.4, -0.2) is 68.5 Å². The van der Waals surface area contributed by atoms with Crippen molar-refractivity contribution in [2.45, 2.75) is 174 Å². The number of nitrogens with zero attached hydrogens (tertiary/aromatic N) is 1. The Labute approximate surface area is 338 Å². The summed E-state index contributed by atoms with van der Waals surface area (Å²) in [5.74, 6) is -0.266. The first-order valence-electron chi connectivity index (χ1n) is 21.8. The average Bonchev–Trinajstić information content (AvgIpc) is 3.13. The summed E-state index contributed by atoms with van der Waals surface area (Å²) < 4.78 is 23.1. The molecule has 0 rings (SSSR count). The first-order valence-corrected chi connectivity index (χ1v) is 23.3. The molecule has 1 amide bonds. The zero-order valence-corrected chi connectivity index (χ0v) is 36.7. The highest BCUT2D eigenvalue weighted by atomic mass is 31.2. The minimum absolute atomic E-state index is 0.0201. The minimum Gasteiger partial charge on any atom is -0.756 e. The Morgan fingerprint density at radius 1 is 0.636 bits per heavy atom. The lowest BCUT2D eigenvalue weighted by Crippen LogP contribution is -2.45. The van der Waals surface area contributed by atoms with E-state index in [0.717, 1.165) is 44.9 Å². The van der Waals surface area contributed by atoms with Gasteiger partial charge in [-0.1, -0.05) is 157 Å². The molecule has 0 bridgehead atoms. The molecule has 0 aliphatic rings. The van der Waals surface area contributed by atoms with Gasteiger partial charge in [0.05, 0.1) is 39.9 Å². The highest BCUT2D eigenvalue weighted by Crippen LogP contribution is 2.38. The van der Waals surface area contributed by atoms with Crippen LogP contribution in [0, 0.1) is 0 Å². The molecule has 318 valence electrons. The van der Waals surface area contributed by atoms with Gasteiger partial charge in [0.1, 0.15) is 13.2 Å². The highest BCUT2D eigenvalue weighted by Gasteiger charge is 2.23. The van der Waals surface area contributed by atoms with Crippen LogP contribution >= 0.6 is 7.82 Å². The Morgan fingerprint density at radius 3 is 1.60 bits per heavy atom. The molecule has 0 aliphatic carbocycles. The summed E-state index contributed by atoms with van der Waals surface area (Å²) >= 11 is 0. The van der Waals surface area contributed by atoms with Gasteiger partial charge in [0.15, 0.2) is 0 Å².